The molecule has 144 valence electrons. The van der Waals surface area contributed by atoms with Crippen LogP contribution >= 0.6 is 0 Å². The third-order valence-electron chi connectivity index (χ3n) is 4.81. The van der Waals surface area contributed by atoms with Crippen molar-refractivity contribution in [3.63, 3.8) is 0 Å². The summed E-state index contributed by atoms with van der Waals surface area (Å²) in [6.45, 7) is 3.81. The van der Waals surface area contributed by atoms with E-state index < -0.39 is 12.1 Å². The predicted molar refractivity (Wildman–Crippen MR) is 99.6 cm³/mol. The van der Waals surface area contributed by atoms with Gasteiger partial charge in [0.25, 0.3) is 5.91 Å². The summed E-state index contributed by atoms with van der Waals surface area (Å²) in [5, 5.41) is 8.64. The minimum absolute atomic E-state index is 0.0649. The summed E-state index contributed by atoms with van der Waals surface area (Å²) in [6, 6.07) is 6.80. The second kappa shape index (κ2) is 9.57. The van der Waals surface area contributed by atoms with E-state index in [0.717, 1.165) is 24.9 Å². The number of rotatable bonds is 8. The molecule has 1 aromatic carbocycles. The zero-order valence-electron chi connectivity index (χ0n) is 15.8. The fourth-order valence-electron chi connectivity index (χ4n) is 3.32. The maximum atomic E-state index is 12.8. The Morgan fingerprint density at radius 1 is 1.27 bits per heavy atom. The molecule has 3 unspecified atom stereocenters. The molecule has 0 saturated heterocycles. The number of hydrogen-bond donors (Lipinski definition) is 1. The average Bonchev–Trinajstić information content (AvgIpc) is 2.63. The number of likely N-dealkylation sites (N-methyl/N-ethyl adjacent to an activating group) is 1. The third kappa shape index (κ3) is 5.73. The summed E-state index contributed by atoms with van der Waals surface area (Å²) in [5.41, 5.74) is 0.719. The lowest BCUT2D eigenvalue weighted by Crippen LogP contribution is -2.40. The van der Waals surface area contributed by atoms with Gasteiger partial charge in [0.15, 0.2) is 6.61 Å². The largest absolute Gasteiger partial charge is 0.482 e. The molecule has 0 bridgehead atoms. The van der Waals surface area contributed by atoms with Crippen molar-refractivity contribution in [2.45, 2.75) is 58.2 Å². The lowest BCUT2D eigenvalue weighted by atomic mass is 9.88. The number of ether oxygens (including phenoxy) is 2. The van der Waals surface area contributed by atoms with Gasteiger partial charge < -0.3 is 19.5 Å². The number of carbonyl (C=O) groups is 2. The highest BCUT2D eigenvalue weighted by molar-refractivity contribution is 5.96. The van der Waals surface area contributed by atoms with Crippen LogP contribution in [0.5, 0.6) is 5.75 Å². The van der Waals surface area contributed by atoms with Crippen LogP contribution in [0.1, 0.15) is 46.0 Å². The van der Waals surface area contributed by atoms with E-state index in [4.69, 9.17) is 14.6 Å². The van der Waals surface area contributed by atoms with E-state index in [1.54, 1.807) is 36.2 Å². The van der Waals surface area contributed by atoms with Gasteiger partial charge in [-0.15, -0.1) is 0 Å². The maximum Gasteiger partial charge on any atom is 0.341 e. The van der Waals surface area contributed by atoms with E-state index in [0.29, 0.717) is 18.1 Å². The summed E-state index contributed by atoms with van der Waals surface area (Å²) in [4.78, 5) is 24.9. The van der Waals surface area contributed by atoms with Crippen molar-refractivity contribution in [1.29, 1.82) is 0 Å². The van der Waals surface area contributed by atoms with Gasteiger partial charge in [-0.05, 0) is 49.4 Å². The Balaban J connectivity index is 1.96. The second-order valence-corrected chi connectivity index (χ2v) is 7.00. The monoisotopic (exact) mass is 363 g/mol. The number of carboxylic acids is 1. The van der Waals surface area contributed by atoms with Crippen molar-refractivity contribution in [2.75, 3.05) is 18.6 Å². The van der Waals surface area contributed by atoms with Crippen molar-refractivity contribution in [3.05, 3.63) is 24.3 Å². The zero-order chi connectivity index (χ0) is 19.1. The van der Waals surface area contributed by atoms with Crippen LogP contribution in [0.4, 0.5) is 5.69 Å². The fourth-order valence-corrected chi connectivity index (χ4v) is 3.32. The number of anilines is 1. The summed E-state index contributed by atoms with van der Waals surface area (Å²) < 4.78 is 11.2. The molecule has 0 heterocycles. The Morgan fingerprint density at radius 3 is 2.54 bits per heavy atom. The molecule has 1 saturated carbocycles. The number of carbonyl (C=O) groups excluding carboxylic acids is 1. The van der Waals surface area contributed by atoms with Crippen LogP contribution in [0.3, 0.4) is 0 Å². The molecule has 1 fully saturated rings. The smallest absolute Gasteiger partial charge is 0.341 e. The highest BCUT2D eigenvalue weighted by Crippen LogP contribution is 2.28. The van der Waals surface area contributed by atoms with E-state index in [9.17, 15) is 9.59 Å². The van der Waals surface area contributed by atoms with Crippen LogP contribution in [0, 0.1) is 5.92 Å². The lowest BCUT2D eigenvalue weighted by molar-refractivity contribution is -0.139. The van der Waals surface area contributed by atoms with Gasteiger partial charge in [-0.25, -0.2) is 4.79 Å². The normalized spacial score (nSPS) is 21.0. The van der Waals surface area contributed by atoms with Gasteiger partial charge in [0.05, 0.1) is 6.10 Å². The maximum absolute atomic E-state index is 12.8. The SMILES string of the molecule is CCC(OC1CCCC(C)C1)C(=O)N(C)c1ccc(OCC(=O)O)cc1. The van der Waals surface area contributed by atoms with Crippen LogP contribution in [-0.2, 0) is 14.3 Å². The first kappa shape index (κ1) is 20.2. The molecule has 1 aliphatic rings. The van der Waals surface area contributed by atoms with Crippen LogP contribution in [0.25, 0.3) is 0 Å². The van der Waals surface area contributed by atoms with Gasteiger partial charge in [-0.1, -0.05) is 26.7 Å². The van der Waals surface area contributed by atoms with Crippen LogP contribution in [0.2, 0.25) is 0 Å². The molecule has 1 N–H and O–H groups in total. The third-order valence-corrected chi connectivity index (χ3v) is 4.81. The minimum atomic E-state index is -1.03. The molecular formula is C20H29NO5. The van der Waals surface area contributed by atoms with Gasteiger partial charge in [-0.2, -0.15) is 0 Å². The first-order chi connectivity index (χ1) is 12.4. The summed E-state index contributed by atoms with van der Waals surface area (Å²) in [6.07, 6.45) is 4.78. The number of nitrogens with zero attached hydrogens (tertiary/aromatic N) is 1. The predicted octanol–water partition coefficient (Wildman–Crippen LogP) is 3.49. The van der Waals surface area contributed by atoms with Crippen molar-refractivity contribution in [1.82, 2.24) is 0 Å². The van der Waals surface area contributed by atoms with E-state index in [1.807, 2.05) is 6.92 Å². The van der Waals surface area contributed by atoms with Crippen molar-refractivity contribution in [3.8, 4) is 5.75 Å². The molecular weight excluding hydrogens is 334 g/mol. The molecule has 1 aromatic rings. The lowest BCUT2D eigenvalue weighted by Gasteiger charge is -2.31. The Bertz CT molecular complexity index is 601. The van der Waals surface area contributed by atoms with Crippen LogP contribution < -0.4 is 9.64 Å². The van der Waals surface area contributed by atoms with E-state index >= 15 is 0 Å². The number of carboxylic acid groups (broad SMARTS) is 1. The van der Waals surface area contributed by atoms with E-state index in [1.165, 1.54) is 6.42 Å². The minimum Gasteiger partial charge on any atom is -0.482 e. The topological polar surface area (TPSA) is 76.1 Å². The molecule has 26 heavy (non-hydrogen) atoms. The number of benzene rings is 1. The van der Waals surface area contributed by atoms with Gasteiger partial charge in [0.1, 0.15) is 11.9 Å². The zero-order valence-corrected chi connectivity index (χ0v) is 15.8. The molecule has 1 aliphatic carbocycles. The van der Waals surface area contributed by atoms with Crippen molar-refractivity contribution < 1.29 is 24.2 Å². The molecule has 0 spiro atoms. The molecule has 6 heteroatoms. The molecule has 2 rings (SSSR count). The summed E-state index contributed by atoms with van der Waals surface area (Å²) in [7, 11) is 1.73. The van der Waals surface area contributed by atoms with Crippen LogP contribution in [-0.4, -0.2) is 42.8 Å². The summed E-state index contributed by atoms with van der Waals surface area (Å²) >= 11 is 0. The van der Waals surface area contributed by atoms with E-state index in [2.05, 4.69) is 6.92 Å². The number of aliphatic carboxylic acids is 1. The van der Waals surface area contributed by atoms with Crippen molar-refractivity contribution in [2.24, 2.45) is 5.92 Å². The van der Waals surface area contributed by atoms with Gasteiger partial charge in [-0.3, -0.25) is 4.79 Å². The first-order valence-electron chi connectivity index (χ1n) is 9.28. The van der Waals surface area contributed by atoms with Crippen LogP contribution in [0.15, 0.2) is 24.3 Å². The molecule has 0 radical (unpaired) electrons. The first-order valence-corrected chi connectivity index (χ1v) is 9.28. The van der Waals surface area contributed by atoms with Gasteiger partial charge in [0.2, 0.25) is 0 Å². The Hall–Kier alpha value is -2.08. The highest BCUT2D eigenvalue weighted by Gasteiger charge is 2.28. The molecule has 6 nitrogen and oxygen atoms in total. The number of amides is 1. The average molecular weight is 363 g/mol. The highest BCUT2D eigenvalue weighted by atomic mass is 16.5. The van der Waals surface area contributed by atoms with Crippen molar-refractivity contribution >= 4 is 17.6 Å². The number of hydrogen-bond acceptors (Lipinski definition) is 4. The Kier molecular flexibility index (Phi) is 7.45. The van der Waals surface area contributed by atoms with Gasteiger partial charge in [0, 0.05) is 12.7 Å². The Morgan fingerprint density at radius 2 is 1.96 bits per heavy atom. The fraction of sp³-hybridized carbons (Fsp3) is 0.600. The molecule has 3 atom stereocenters. The summed E-state index contributed by atoms with van der Waals surface area (Å²) in [5.74, 6) is 0.0141. The van der Waals surface area contributed by atoms with Gasteiger partial charge >= 0.3 is 5.97 Å². The standard InChI is InChI=1S/C20H29NO5/c1-4-18(26-17-7-5-6-14(2)12-17)20(24)21(3)15-8-10-16(11-9-15)25-13-19(22)23/h8-11,14,17-18H,4-7,12-13H2,1-3H3,(H,22,23). The molecule has 1 amide bonds. The second-order valence-electron chi connectivity index (χ2n) is 7.00. The molecule has 0 aromatic heterocycles. The molecule has 0 aliphatic heterocycles. The quantitative estimate of drug-likeness (QED) is 0.765. The van der Waals surface area contributed by atoms with E-state index in [-0.39, 0.29) is 18.6 Å². The Labute approximate surface area is 155 Å².